The van der Waals surface area contributed by atoms with Crippen LogP contribution >= 0.6 is 0 Å². The first-order valence-electron chi connectivity index (χ1n) is 10.1. The first-order chi connectivity index (χ1) is 13.9. The lowest BCUT2D eigenvalue weighted by Gasteiger charge is -2.15. The Morgan fingerprint density at radius 2 is 1.59 bits per heavy atom. The fourth-order valence-corrected chi connectivity index (χ4v) is 3.45. The van der Waals surface area contributed by atoms with E-state index in [9.17, 15) is 0 Å². The van der Waals surface area contributed by atoms with Crippen molar-refractivity contribution in [3.8, 4) is 11.3 Å². The van der Waals surface area contributed by atoms with Crippen molar-refractivity contribution < 1.29 is 0 Å². The second-order valence-electron chi connectivity index (χ2n) is 7.81. The number of rotatable bonds is 8. The van der Waals surface area contributed by atoms with E-state index in [-0.39, 0.29) is 0 Å². The lowest BCUT2D eigenvalue weighted by Crippen LogP contribution is -2.17. The van der Waals surface area contributed by atoms with Crippen LogP contribution in [0.4, 0.5) is 17.5 Å². The molecule has 0 aliphatic carbocycles. The van der Waals surface area contributed by atoms with Crippen molar-refractivity contribution in [1.82, 2.24) is 14.9 Å². The van der Waals surface area contributed by atoms with E-state index >= 15 is 0 Å². The smallest absolute Gasteiger partial charge is 0.229 e. The second-order valence-corrected chi connectivity index (χ2v) is 7.81. The summed E-state index contributed by atoms with van der Waals surface area (Å²) in [4.78, 5) is 11.7. The highest BCUT2D eigenvalue weighted by atomic mass is 15.1. The lowest BCUT2D eigenvalue weighted by atomic mass is 10.1. The van der Waals surface area contributed by atoms with Crippen LogP contribution in [0.2, 0.25) is 0 Å². The van der Waals surface area contributed by atoms with Crippen LogP contribution in [0.25, 0.3) is 11.3 Å². The van der Waals surface area contributed by atoms with Gasteiger partial charge in [0.2, 0.25) is 5.95 Å². The molecule has 3 aromatic rings. The van der Waals surface area contributed by atoms with Gasteiger partial charge in [0.1, 0.15) is 5.82 Å². The van der Waals surface area contributed by atoms with E-state index < -0.39 is 0 Å². The maximum Gasteiger partial charge on any atom is 0.229 e. The first-order valence-corrected chi connectivity index (χ1v) is 10.1. The number of aryl methyl sites for hydroxylation is 3. The van der Waals surface area contributed by atoms with Gasteiger partial charge < -0.3 is 15.5 Å². The second kappa shape index (κ2) is 9.52. The monoisotopic (exact) mass is 389 g/mol. The molecule has 0 amide bonds. The Labute approximate surface area is 174 Å². The number of nitrogens with one attached hydrogen (secondary N) is 2. The molecule has 29 heavy (non-hydrogen) atoms. The molecule has 0 saturated carbocycles. The quantitative estimate of drug-likeness (QED) is 0.520. The minimum absolute atomic E-state index is 0.608. The molecular formula is C24H31N5. The molecule has 0 aliphatic rings. The van der Waals surface area contributed by atoms with Gasteiger partial charge in [-0.1, -0.05) is 48.0 Å². The normalized spacial score (nSPS) is 11.0. The summed E-state index contributed by atoms with van der Waals surface area (Å²) in [6.07, 6.45) is 1.05. The highest BCUT2D eigenvalue weighted by Gasteiger charge is 2.10. The SMILES string of the molecule is Cc1cc(C)c(Nc2nc(NCCCN(C)C)cc(-c3ccccc3)n2)c(C)c1. The van der Waals surface area contributed by atoms with Gasteiger partial charge in [0.25, 0.3) is 0 Å². The Bertz CT molecular complexity index is 928. The van der Waals surface area contributed by atoms with Crippen molar-refractivity contribution in [2.45, 2.75) is 27.2 Å². The average Bonchev–Trinajstić information content (AvgIpc) is 2.68. The van der Waals surface area contributed by atoms with Gasteiger partial charge in [-0.15, -0.1) is 0 Å². The summed E-state index contributed by atoms with van der Waals surface area (Å²) in [5, 5.41) is 6.91. The molecule has 2 aromatic carbocycles. The molecular weight excluding hydrogens is 358 g/mol. The molecule has 0 fully saturated rings. The maximum absolute atomic E-state index is 4.79. The van der Waals surface area contributed by atoms with Crippen LogP contribution in [0, 0.1) is 20.8 Å². The van der Waals surface area contributed by atoms with E-state index in [1.54, 1.807) is 0 Å². The van der Waals surface area contributed by atoms with Crippen LogP contribution in [-0.4, -0.2) is 42.1 Å². The molecule has 3 rings (SSSR count). The highest BCUT2D eigenvalue weighted by Crippen LogP contribution is 2.27. The largest absolute Gasteiger partial charge is 0.370 e. The predicted octanol–water partition coefficient (Wildman–Crippen LogP) is 5.18. The van der Waals surface area contributed by atoms with E-state index in [2.05, 4.69) is 74.7 Å². The Morgan fingerprint density at radius 3 is 2.24 bits per heavy atom. The Morgan fingerprint density at radius 1 is 0.897 bits per heavy atom. The molecule has 1 aromatic heterocycles. The molecule has 1 heterocycles. The van der Waals surface area contributed by atoms with Gasteiger partial charge in [-0.3, -0.25) is 0 Å². The van der Waals surface area contributed by atoms with E-state index in [1.165, 1.54) is 16.7 Å². The number of anilines is 3. The summed E-state index contributed by atoms with van der Waals surface area (Å²) in [5.41, 5.74) is 6.69. The summed E-state index contributed by atoms with van der Waals surface area (Å²) in [5.74, 6) is 1.44. The lowest BCUT2D eigenvalue weighted by molar-refractivity contribution is 0.405. The van der Waals surface area contributed by atoms with Crippen molar-refractivity contribution in [3.63, 3.8) is 0 Å². The molecule has 0 aliphatic heterocycles. The van der Waals surface area contributed by atoms with Crippen LogP contribution in [0.1, 0.15) is 23.1 Å². The molecule has 0 atom stereocenters. The van der Waals surface area contributed by atoms with Crippen molar-refractivity contribution in [1.29, 1.82) is 0 Å². The minimum atomic E-state index is 0.608. The molecule has 5 nitrogen and oxygen atoms in total. The van der Waals surface area contributed by atoms with E-state index in [0.717, 1.165) is 42.3 Å². The van der Waals surface area contributed by atoms with Gasteiger partial charge in [0, 0.05) is 23.9 Å². The van der Waals surface area contributed by atoms with Crippen molar-refractivity contribution >= 4 is 17.5 Å². The third-order valence-electron chi connectivity index (χ3n) is 4.80. The molecule has 2 N–H and O–H groups in total. The van der Waals surface area contributed by atoms with Crippen LogP contribution in [0.3, 0.4) is 0 Å². The molecule has 152 valence electrons. The van der Waals surface area contributed by atoms with Crippen LogP contribution < -0.4 is 10.6 Å². The summed E-state index contributed by atoms with van der Waals surface area (Å²) >= 11 is 0. The van der Waals surface area contributed by atoms with E-state index in [0.29, 0.717) is 5.95 Å². The molecule has 0 unspecified atom stereocenters. The fraction of sp³-hybridized carbons (Fsp3) is 0.333. The number of hydrogen-bond acceptors (Lipinski definition) is 5. The van der Waals surface area contributed by atoms with Gasteiger partial charge in [-0.25, -0.2) is 4.98 Å². The molecule has 0 spiro atoms. The number of hydrogen-bond donors (Lipinski definition) is 2. The van der Waals surface area contributed by atoms with Crippen LogP contribution in [-0.2, 0) is 0 Å². The molecule has 0 bridgehead atoms. The summed E-state index contributed by atoms with van der Waals surface area (Å²) in [7, 11) is 4.18. The zero-order valence-corrected chi connectivity index (χ0v) is 18.1. The average molecular weight is 390 g/mol. The van der Waals surface area contributed by atoms with Crippen LogP contribution in [0.15, 0.2) is 48.5 Å². The maximum atomic E-state index is 4.79. The third kappa shape index (κ3) is 5.78. The predicted molar refractivity (Wildman–Crippen MR) is 123 cm³/mol. The van der Waals surface area contributed by atoms with Gasteiger partial charge in [0.15, 0.2) is 0 Å². The van der Waals surface area contributed by atoms with Crippen molar-refractivity contribution in [2.75, 3.05) is 37.8 Å². The molecule has 0 radical (unpaired) electrons. The summed E-state index contributed by atoms with van der Waals surface area (Å²) < 4.78 is 0. The van der Waals surface area contributed by atoms with E-state index in [1.807, 2.05) is 24.3 Å². The fourth-order valence-electron chi connectivity index (χ4n) is 3.45. The number of benzene rings is 2. The van der Waals surface area contributed by atoms with Gasteiger partial charge >= 0.3 is 0 Å². The first kappa shape index (κ1) is 20.8. The van der Waals surface area contributed by atoms with Gasteiger partial charge in [-0.05, 0) is 59.0 Å². The zero-order valence-electron chi connectivity index (χ0n) is 18.1. The number of nitrogens with zero attached hydrogens (tertiary/aromatic N) is 3. The molecule has 5 heteroatoms. The Hall–Kier alpha value is -2.92. The standard InChI is InChI=1S/C24H31N5/c1-17-14-18(2)23(19(3)15-17)28-24-26-21(20-10-7-6-8-11-20)16-22(27-24)25-12-9-13-29(4)5/h6-8,10-11,14-16H,9,12-13H2,1-5H3,(H2,25,26,27,28). The topological polar surface area (TPSA) is 53.1 Å². The van der Waals surface area contributed by atoms with Gasteiger partial charge in [0.05, 0.1) is 5.69 Å². The van der Waals surface area contributed by atoms with Crippen LogP contribution in [0.5, 0.6) is 0 Å². The highest BCUT2D eigenvalue weighted by molar-refractivity contribution is 5.68. The summed E-state index contributed by atoms with van der Waals surface area (Å²) in [6, 6.07) is 16.6. The van der Waals surface area contributed by atoms with Gasteiger partial charge in [-0.2, -0.15) is 4.98 Å². The number of aromatic nitrogens is 2. The third-order valence-corrected chi connectivity index (χ3v) is 4.80. The van der Waals surface area contributed by atoms with E-state index in [4.69, 9.17) is 9.97 Å². The van der Waals surface area contributed by atoms with Crippen molar-refractivity contribution in [2.24, 2.45) is 0 Å². The minimum Gasteiger partial charge on any atom is -0.370 e. The van der Waals surface area contributed by atoms with Crippen molar-refractivity contribution in [3.05, 3.63) is 65.2 Å². The Kier molecular flexibility index (Phi) is 6.83. The summed E-state index contributed by atoms with van der Waals surface area (Å²) in [6.45, 7) is 8.25. The molecule has 0 saturated heterocycles. The zero-order chi connectivity index (χ0) is 20.8. The Balaban J connectivity index is 1.90.